The van der Waals surface area contributed by atoms with Crippen LogP contribution in [-0.2, 0) is 5.60 Å². The van der Waals surface area contributed by atoms with Crippen LogP contribution in [-0.4, -0.2) is 28.9 Å². The van der Waals surface area contributed by atoms with E-state index in [4.69, 9.17) is 9.84 Å². The minimum absolute atomic E-state index is 0.332. The van der Waals surface area contributed by atoms with E-state index in [1.807, 2.05) is 0 Å². The molecule has 1 rings (SSSR count). The van der Waals surface area contributed by atoms with Gasteiger partial charge >= 0.3 is 0 Å². The van der Waals surface area contributed by atoms with Gasteiger partial charge in [0.15, 0.2) is 0 Å². The fraction of sp³-hybridized carbons (Fsp3) is 0.444. The maximum atomic E-state index is 9.63. The standard InChI is InChI=1S/C9H13NO3/c1-9(12,6-11)7-3-4-8(13-2)10-5-7/h3-5,11-12H,6H2,1-2H3/t9-/m1/s1. The summed E-state index contributed by atoms with van der Waals surface area (Å²) in [4.78, 5) is 3.92. The molecule has 1 aromatic heterocycles. The van der Waals surface area contributed by atoms with E-state index < -0.39 is 5.60 Å². The van der Waals surface area contributed by atoms with E-state index in [1.54, 1.807) is 12.1 Å². The lowest BCUT2D eigenvalue weighted by molar-refractivity contribution is -0.00260. The van der Waals surface area contributed by atoms with Crippen LogP contribution in [0.5, 0.6) is 5.88 Å². The van der Waals surface area contributed by atoms with Crippen LogP contribution in [0.4, 0.5) is 0 Å². The molecular weight excluding hydrogens is 170 g/mol. The van der Waals surface area contributed by atoms with Gasteiger partial charge in [0.05, 0.1) is 13.7 Å². The van der Waals surface area contributed by atoms with Gasteiger partial charge in [-0.1, -0.05) is 0 Å². The Labute approximate surface area is 76.8 Å². The Balaban J connectivity index is 2.92. The predicted molar refractivity (Wildman–Crippen MR) is 47.4 cm³/mol. The lowest BCUT2D eigenvalue weighted by Crippen LogP contribution is -2.25. The molecule has 2 N–H and O–H groups in total. The number of methoxy groups -OCH3 is 1. The number of rotatable bonds is 3. The second-order valence-corrected chi connectivity index (χ2v) is 3.02. The molecular formula is C9H13NO3. The number of aromatic nitrogens is 1. The van der Waals surface area contributed by atoms with Gasteiger partial charge in [-0.15, -0.1) is 0 Å². The molecule has 1 atom stereocenters. The summed E-state index contributed by atoms with van der Waals surface area (Å²) in [6.07, 6.45) is 1.48. The molecule has 0 saturated carbocycles. The van der Waals surface area contributed by atoms with E-state index in [0.29, 0.717) is 11.4 Å². The first-order chi connectivity index (χ1) is 6.10. The smallest absolute Gasteiger partial charge is 0.212 e. The van der Waals surface area contributed by atoms with Crippen molar-refractivity contribution < 1.29 is 14.9 Å². The van der Waals surface area contributed by atoms with Crippen molar-refractivity contribution in [2.75, 3.05) is 13.7 Å². The molecule has 4 heteroatoms. The van der Waals surface area contributed by atoms with Gasteiger partial charge in [-0.05, 0) is 13.0 Å². The molecule has 1 aromatic rings. The fourth-order valence-corrected chi connectivity index (χ4v) is 0.911. The van der Waals surface area contributed by atoms with E-state index in [0.717, 1.165) is 0 Å². The molecule has 0 radical (unpaired) electrons. The molecule has 4 nitrogen and oxygen atoms in total. The largest absolute Gasteiger partial charge is 0.481 e. The van der Waals surface area contributed by atoms with Gasteiger partial charge in [0.1, 0.15) is 5.60 Å². The van der Waals surface area contributed by atoms with Gasteiger partial charge in [0, 0.05) is 17.8 Å². The molecule has 0 aliphatic carbocycles. The number of aliphatic hydroxyl groups excluding tert-OH is 1. The first-order valence-electron chi connectivity index (χ1n) is 3.94. The molecule has 1 heterocycles. The third-order valence-electron chi connectivity index (χ3n) is 1.88. The van der Waals surface area contributed by atoms with Crippen molar-refractivity contribution in [3.8, 4) is 5.88 Å². The van der Waals surface area contributed by atoms with Crippen LogP contribution in [0.1, 0.15) is 12.5 Å². The Bertz CT molecular complexity index is 269. The highest BCUT2D eigenvalue weighted by atomic mass is 16.5. The molecule has 0 saturated heterocycles. The zero-order valence-corrected chi connectivity index (χ0v) is 7.69. The highest BCUT2D eigenvalue weighted by Gasteiger charge is 2.21. The van der Waals surface area contributed by atoms with Crippen molar-refractivity contribution in [3.05, 3.63) is 23.9 Å². The third kappa shape index (κ3) is 2.17. The molecule has 0 bridgehead atoms. The zero-order valence-electron chi connectivity index (χ0n) is 7.69. The summed E-state index contributed by atoms with van der Waals surface area (Å²) in [5.74, 6) is 0.484. The van der Waals surface area contributed by atoms with Gasteiger partial charge < -0.3 is 14.9 Å². The van der Waals surface area contributed by atoms with Gasteiger partial charge in [-0.2, -0.15) is 0 Å². The van der Waals surface area contributed by atoms with Crippen LogP contribution in [0.3, 0.4) is 0 Å². The number of nitrogens with zero attached hydrogens (tertiary/aromatic N) is 1. The summed E-state index contributed by atoms with van der Waals surface area (Å²) in [5, 5.41) is 18.5. The van der Waals surface area contributed by atoms with E-state index in [2.05, 4.69) is 4.98 Å². The summed E-state index contributed by atoms with van der Waals surface area (Å²) >= 11 is 0. The van der Waals surface area contributed by atoms with Crippen molar-refractivity contribution in [1.29, 1.82) is 0 Å². The highest BCUT2D eigenvalue weighted by molar-refractivity contribution is 5.22. The average molecular weight is 183 g/mol. The Morgan fingerprint density at radius 3 is 2.62 bits per heavy atom. The number of ether oxygens (including phenoxy) is 1. The first kappa shape index (κ1) is 9.95. The normalized spacial score (nSPS) is 15.1. The molecule has 0 aliphatic heterocycles. The van der Waals surface area contributed by atoms with Gasteiger partial charge in [0.2, 0.25) is 5.88 Å². The van der Waals surface area contributed by atoms with Crippen LogP contribution in [0.15, 0.2) is 18.3 Å². The maximum Gasteiger partial charge on any atom is 0.212 e. The minimum atomic E-state index is -1.24. The molecule has 0 aliphatic rings. The summed E-state index contributed by atoms with van der Waals surface area (Å²) in [6, 6.07) is 3.31. The third-order valence-corrected chi connectivity index (χ3v) is 1.88. The number of hydrogen-bond donors (Lipinski definition) is 2. The molecule has 72 valence electrons. The van der Waals surface area contributed by atoms with Crippen molar-refractivity contribution in [2.24, 2.45) is 0 Å². The zero-order chi connectivity index (χ0) is 9.90. The monoisotopic (exact) mass is 183 g/mol. The lowest BCUT2D eigenvalue weighted by atomic mass is 9.99. The molecule has 0 spiro atoms. The number of pyridine rings is 1. The summed E-state index contributed by atoms with van der Waals surface area (Å²) in [5.41, 5.74) is -0.671. The Kier molecular flexibility index (Phi) is 2.85. The molecule has 0 amide bonds. The molecule has 13 heavy (non-hydrogen) atoms. The van der Waals surface area contributed by atoms with Crippen molar-refractivity contribution in [3.63, 3.8) is 0 Å². The van der Waals surface area contributed by atoms with Crippen LogP contribution in [0.25, 0.3) is 0 Å². The van der Waals surface area contributed by atoms with Crippen molar-refractivity contribution in [2.45, 2.75) is 12.5 Å². The fourth-order valence-electron chi connectivity index (χ4n) is 0.911. The van der Waals surface area contributed by atoms with Crippen molar-refractivity contribution in [1.82, 2.24) is 4.98 Å². The summed E-state index contributed by atoms with van der Waals surface area (Å²) in [6.45, 7) is 1.19. The second-order valence-electron chi connectivity index (χ2n) is 3.02. The SMILES string of the molecule is COc1ccc([C@](C)(O)CO)cn1. The van der Waals surface area contributed by atoms with E-state index in [1.165, 1.54) is 20.2 Å². The quantitative estimate of drug-likeness (QED) is 0.707. The van der Waals surface area contributed by atoms with E-state index in [9.17, 15) is 5.11 Å². The number of aliphatic hydroxyl groups is 2. The Hall–Kier alpha value is -1.13. The Morgan fingerprint density at radius 1 is 1.54 bits per heavy atom. The summed E-state index contributed by atoms with van der Waals surface area (Å²) < 4.78 is 4.86. The van der Waals surface area contributed by atoms with E-state index >= 15 is 0 Å². The Morgan fingerprint density at radius 2 is 2.23 bits per heavy atom. The lowest BCUT2D eigenvalue weighted by Gasteiger charge is -2.20. The van der Waals surface area contributed by atoms with Crippen LogP contribution in [0.2, 0.25) is 0 Å². The average Bonchev–Trinajstić information content (AvgIpc) is 2.18. The predicted octanol–water partition coefficient (Wildman–Crippen LogP) is 0.290. The molecule has 0 aromatic carbocycles. The van der Waals surface area contributed by atoms with Crippen LogP contribution >= 0.6 is 0 Å². The van der Waals surface area contributed by atoms with E-state index in [-0.39, 0.29) is 6.61 Å². The van der Waals surface area contributed by atoms with Crippen molar-refractivity contribution >= 4 is 0 Å². The maximum absolute atomic E-state index is 9.63. The van der Waals surface area contributed by atoms with Gasteiger partial charge in [0.25, 0.3) is 0 Å². The van der Waals surface area contributed by atoms with Gasteiger partial charge in [-0.25, -0.2) is 4.98 Å². The van der Waals surface area contributed by atoms with Crippen LogP contribution < -0.4 is 4.74 Å². The topological polar surface area (TPSA) is 62.6 Å². The summed E-state index contributed by atoms with van der Waals surface area (Å²) in [7, 11) is 1.52. The van der Waals surface area contributed by atoms with Gasteiger partial charge in [-0.3, -0.25) is 0 Å². The first-order valence-corrected chi connectivity index (χ1v) is 3.94. The van der Waals surface area contributed by atoms with Crippen LogP contribution in [0, 0.1) is 0 Å². The minimum Gasteiger partial charge on any atom is -0.481 e. The molecule has 0 fully saturated rings. The number of hydrogen-bond acceptors (Lipinski definition) is 4. The molecule has 0 unspecified atom stereocenters. The second kappa shape index (κ2) is 3.72. The highest BCUT2D eigenvalue weighted by Crippen LogP contribution is 2.20.